The number of fused-ring (bicyclic) bond motifs is 3. The number of phenolic OH excluding ortho intramolecular Hbond substituents is 3. The molecule has 3 heterocycles. The van der Waals surface area contributed by atoms with Crippen molar-refractivity contribution in [1.82, 2.24) is 0 Å². The van der Waals surface area contributed by atoms with Crippen LogP contribution < -0.4 is 10.2 Å². The van der Waals surface area contributed by atoms with Gasteiger partial charge in [-0.2, -0.15) is 0 Å². The Hall–Kier alpha value is -5.71. The highest BCUT2D eigenvalue weighted by Gasteiger charge is 2.36. The van der Waals surface area contributed by atoms with Crippen molar-refractivity contribution in [3.8, 4) is 51.4 Å². The minimum Gasteiger partial charge on any atom is -0.507 e. The van der Waals surface area contributed by atoms with Crippen molar-refractivity contribution >= 4 is 22.9 Å². The van der Waals surface area contributed by atoms with Gasteiger partial charge in [0, 0.05) is 22.8 Å². The fourth-order valence-corrected chi connectivity index (χ4v) is 4.85. The molecule has 40 heavy (non-hydrogen) atoms. The number of furan rings is 1. The van der Waals surface area contributed by atoms with E-state index in [9.17, 15) is 39.9 Å². The third-order valence-electron chi connectivity index (χ3n) is 6.70. The molecule has 11 nitrogen and oxygen atoms in total. The summed E-state index contributed by atoms with van der Waals surface area (Å²) in [5.41, 5.74) is -0.677. The highest BCUT2D eigenvalue weighted by atomic mass is 16.5. The highest BCUT2D eigenvalue weighted by Crippen LogP contribution is 2.48. The SMILES string of the molecule is O=C1C[C@H](c2ccc(-c3ccccc3C(=O)O)o2)c2c(cc(O)c3c(=O)c(O)c(-c4ccc(O)c(O)c4)oc23)O1. The van der Waals surface area contributed by atoms with E-state index in [-0.39, 0.29) is 57.1 Å². The fourth-order valence-electron chi connectivity index (χ4n) is 4.85. The molecule has 0 spiro atoms. The third kappa shape index (κ3) is 3.79. The number of benzene rings is 3. The summed E-state index contributed by atoms with van der Waals surface area (Å²) in [5, 5.41) is 50.1. The average Bonchev–Trinajstić information content (AvgIpc) is 3.41. The molecular weight excluding hydrogens is 524 g/mol. The normalized spacial score (nSPS) is 14.6. The molecule has 0 unspecified atom stereocenters. The fraction of sp³-hybridized carbons (Fsp3) is 0.0690. The highest BCUT2D eigenvalue weighted by molar-refractivity contribution is 5.96. The summed E-state index contributed by atoms with van der Waals surface area (Å²) in [4.78, 5) is 37.5. The van der Waals surface area contributed by atoms with Crippen LogP contribution in [0.4, 0.5) is 0 Å². The molecule has 5 N–H and O–H groups in total. The molecule has 5 aromatic rings. The third-order valence-corrected chi connectivity index (χ3v) is 6.70. The molecule has 6 rings (SSSR count). The van der Waals surface area contributed by atoms with Gasteiger partial charge in [-0.3, -0.25) is 9.59 Å². The number of hydrogen-bond acceptors (Lipinski definition) is 10. The molecule has 0 radical (unpaired) electrons. The summed E-state index contributed by atoms with van der Waals surface area (Å²) < 4.78 is 17.3. The van der Waals surface area contributed by atoms with Gasteiger partial charge in [0.1, 0.15) is 34.0 Å². The lowest BCUT2D eigenvalue weighted by atomic mass is 9.88. The van der Waals surface area contributed by atoms with Crippen molar-refractivity contribution in [2.75, 3.05) is 0 Å². The molecule has 11 heteroatoms. The van der Waals surface area contributed by atoms with Crippen LogP contribution in [0.25, 0.3) is 33.6 Å². The summed E-state index contributed by atoms with van der Waals surface area (Å²) >= 11 is 0. The second kappa shape index (κ2) is 8.95. The van der Waals surface area contributed by atoms with Gasteiger partial charge in [0.25, 0.3) is 0 Å². The Kier molecular flexibility index (Phi) is 5.51. The Bertz CT molecular complexity index is 1930. The molecule has 1 aliphatic heterocycles. The number of ether oxygens (including phenoxy) is 1. The van der Waals surface area contributed by atoms with Gasteiger partial charge in [-0.05, 0) is 36.4 Å². The van der Waals surface area contributed by atoms with Crippen LogP contribution in [0.1, 0.15) is 34.0 Å². The monoisotopic (exact) mass is 542 g/mol. The van der Waals surface area contributed by atoms with E-state index < -0.39 is 46.3 Å². The van der Waals surface area contributed by atoms with E-state index in [0.717, 1.165) is 18.2 Å². The summed E-state index contributed by atoms with van der Waals surface area (Å²) in [7, 11) is 0. The molecule has 0 saturated heterocycles. The number of carboxylic acid groups (broad SMARTS) is 1. The number of esters is 1. The van der Waals surface area contributed by atoms with Crippen molar-refractivity contribution < 1.29 is 48.7 Å². The number of carbonyl (C=O) groups excluding carboxylic acids is 1. The van der Waals surface area contributed by atoms with E-state index in [2.05, 4.69) is 0 Å². The Labute approximate surface area is 223 Å². The smallest absolute Gasteiger partial charge is 0.336 e. The quantitative estimate of drug-likeness (QED) is 0.120. The number of aromatic carboxylic acids is 1. The predicted octanol–water partition coefficient (Wildman–Crippen LogP) is 4.68. The summed E-state index contributed by atoms with van der Waals surface area (Å²) in [6.45, 7) is 0. The molecule has 0 aliphatic carbocycles. The Morgan fingerprint density at radius 3 is 2.38 bits per heavy atom. The van der Waals surface area contributed by atoms with Gasteiger partial charge in [0.05, 0.1) is 17.9 Å². The first kappa shape index (κ1) is 24.6. The molecule has 200 valence electrons. The zero-order valence-electron chi connectivity index (χ0n) is 20.2. The Balaban J connectivity index is 1.59. The van der Waals surface area contributed by atoms with Gasteiger partial charge in [0.15, 0.2) is 17.3 Å². The molecule has 0 saturated carbocycles. The first-order chi connectivity index (χ1) is 19.1. The van der Waals surface area contributed by atoms with E-state index in [4.69, 9.17) is 13.6 Å². The Morgan fingerprint density at radius 2 is 1.62 bits per heavy atom. The molecule has 3 aromatic carbocycles. The van der Waals surface area contributed by atoms with E-state index >= 15 is 0 Å². The topological polar surface area (TPSA) is 188 Å². The van der Waals surface area contributed by atoms with E-state index in [0.29, 0.717) is 5.56 Å². The van der Waals surface area contributed by atoms with Gasteiger partial charge >= 0.3 is 11.9 Å². The first-order valence-corrected chi connectivity index (χ1v) is 11.8. The van der Waals surface area contributed by atoms with Gasteiger partial charge in [-0.25, -0.2) is 4.79 Å². The lowest BCUT2D eigenvalue weighted by molar-refractivity contribution is -0.135. The maximum atomic E-state index is 13.2. The largest absolute Gasteiger partial charge is 0.507 e. The molecule has 0 fully saturated rings. The van der Waals surface area contributed by atoms with Crippen molar-refractivity contribution in [3.05, 3.63) is 87.8 Å². The van der Waals surface area contributed by atoms with Crippen LogP contribution in [0.3, 0.4) is 0 Å². The van der Waals surface area contributed by atoms with Crippen LogP contribution in [0.2, 0.25) is 0 Å². The molecule has 0 amide bonds. The van der Waals surface area contributed by atoms with Crippen LogP contribution >= 0.6 is 0 Å². The Morgan fingerprint density at radius 1 is 0.850 bits per heavy atom. The number of carboxylic acids is 1. The van der Waals surface area contributed by atoms with E-state index in [1.54, 1.807) is 30.3 Å². The number of hydrogen-bond donors (Lipinski definition) is 5. The maximum absolute atomic E-state index is 13.2. The lowest BCUT2D eigenvalue weighted by Crippen LogP contribution is -2.21. The van der Waals surface area contributed by atoms with E-state index in [1.807, 2.05) is 0 Å². The van der Waals surface area contributed by atoms with Crippen molar-refractivity contribution in [2.24, 2.45) is 0 Å². The predicted molar refractivity (Wildman–Crippen MR) is 138 cm³/mol. The van der Waals surface area contributed by atoms with Gasteiger partial charge in [0.2, 0.25) is 11.2 Å². The summed E-state index contributed by atoms with van der Waals surface area (Å²) in [6.07, 6.45) is -0.250. The van der Waals surface area contributed by atoms with Crippen molar-refractivity contribution in [3.63, 3.8) is 0 Å². The molecule has 2 aromatic heterocycles. The van der Waals surface area contributed by atoms with Crippen LogP contribution in [-0.4, -0.2) is 37.5 Å². The van der Waals surface area contributed by atoms with Gasteiger partial charge < -0.3 is 39.1 Å². The van der Waals surface area contributed by atoms with Crippen LogP contribution in [0, 0.1) is 0 Å². The van der Waals surface area contributed by atoms with Crippen LogP contribution in [0.5, 0.6) is 28.7 Å². The second-order valence-corrected chi connectivity index (χ2v) is 9.11. The number of phenols is 3. The first-order valence-electron chi connectivity index (χ1n) is 11.8. The minimum absolute atomic E-state index is 0.00508. The molecule has 1 aliphatic rings. The zero-order valence-corrected chi connectivity index (χ0v) is 20.2. The second-order valence-electron chi connectivity index (χ2n) is 9.11. The van der Waals surface area contributed by atoms with Crippen LogP contribution in [0.15, 0.2) is 74.3 Å². The number of rotatable bonds is 4. The molecule has 0 bridgehead atoms. The zero-order chi connectivity index (χ0) is 28.3. The van der Waals surface area contributed by atoms with Crippen LogP contribution in [-0.2, 0) is 4.79 Å². The standard InChI is InChI=1S/C29H18O11/c30-16-6-5-12(9-17(16)31)27-26(35)25(34)24-18(32)11-21-23(28(24)40-27)15(10-22(33)39-21)20-8-7-19(38-20)13-3-1-2-4-14(13)29(36)37/h1-9,11,15,30-32,35H,10H2,(H,36,37)/t15-/m1/s1. The van der Waals surface area contributed by atoms with E-state index in [1.165, 1.54) is 12.1 Å². The van der Waals surface area contributed by atoms with Gasteiger partial charge in [-0.15, -0.1) is 0 Å². The number of aromatic hydroxyl groups is 4. The average molecular weight is 542 g/mol. The maximum Gasteiger partial charge on any atom is 0.336 e. The molecule has 1 atom stereocenters. The summed E-state index contributed by atoms with van der Waals surface area (Å²) in [6, 6.07) is 13.9. The van der Waals surface area contributed by atoms with Gasteiger partial charge in [-0.1, -0.05) is 18.2 Å². The molecular formula is C29H18O11. The number of carbonyl (C=O) groups is 2. The minimum atomic E-state index is -1.16. The summed E-state index contributed by atoms with van der Waals surface area (Å²) in [5.74, 6) is -5.18. The van der Waals surface area contributed by atoms with Crippen molar-refractivity contribution in [2.45, 2.75) is 12.3 Å². The van der Waals surface area contributed by atoms with Crippen molar-refractivity contribution in [1.29, 1.82) is 0 Å². The lowest BCUT2D eigenvalue weighted by Gasteiger charge is -2.24.